The van der Waals surface area contributed by atoms with Gasteiger partial charge in [-0.25, -0.2) is 8.42 Å². The van der Waals surface area contributed by atoms with Crippen molar-refractivity contribution in [3.63, 3.8) is 0 Å². The lowest BCUT2D eigenvalue weighted by Crippen LogP contribution is -2.15. The van der Waals surface area contributed by atoms with Crippen LogP contribution in [0.2, 0.25) is 0 Å². The van der Waals surface area contributed by atoms with Gasteiger partial charge in [-0.05, 0) is 44.0 Å². The Morgan fingerprint density at radius 1 is 1.28 bits per heavy atom. The molecule has 0 aromatic heterocycles. The van der Waals surface area contributed by atoms with Crippen LogP contribution in [0.1, 0.15) is 26.7 Å². The van der Waals surface area contributed by atoms with Crippen molar-refractivity contribution >= 4 is 27.1 Å². The number of hydrogen-bond donors (Lipinski definition) is 1. The minimum absolute atomic E-state index is 0.197. The molecule has 0 saturated heterocycles. The van der Waals surface area contributed by atoms with E-state index >= 15 is 0 Å². The number of benzene rings is 1. The van der Waals surface area contributed by atoms with Gasteiger partial charge in [0.1, 0.15) is 0 Å². The average Bonchev–Trinajstić information content (AvgIpc) is 2.30. The average molecular weight is 290 g/mol. The van der Waals surface area contributed by atoms with Crippen molar-refractivity contribution in [2.24, 2.45) is 0 Å². The maximum absolute atomic E-state index is 11.8. The highest BCUT2D eigenvalue weighted by molar-refractivity contribution is 7.91. The SMILES string of the molecule is CCCS(=O)(=O)c1ccc(NC(C)CCCl)cc1. The zero-order valence-corrected chi connectivity index (χ0v) is 12.4. The molecule has 0 bridgehead atoms. The number of anilines is 1. The Kier molecular flexibility index (Phi) is 5.96. The van der Waals surface area contributed by atoms with Crippen LogP contribution in [0.15, 0.2) is 29.2 Å². The number of nitrogens with one attached hydrogen (secondary N) is 1. The molecular weight excluding hydrogens is 270 g/mol. The normalized spacial score (nSPS) is 13.3. The van der Waals surface area contributed by atoms with Gasteiger partial charge in [-0.3, -0.25) is 0 Å². The number of alkyl halides is 1. The summed E-state index contributed by atoms with van der Waals surface area (Å²) in [5.74, 6) is 0.805. The van der Waals surface area contributed by atoms with Crippen LogP contribution < -0.4 is 5.32 Å². The summed E-state index contributed by atoms with van der Waals surface area (Å²) in [7, 11) is -3.11. The van der Waals surface area contributed by atoms with Crippen molar-refractivity contribution in [2.75, 3.05) is 16.9 Å². The van der Waals surface area contributed by atoms with E-state index in [1.54, 1.807) is 24.3 Å². The largest absolute Gasteiger partial charge is 0.383 e. The summed E-state index contributed by atoms with van der Waals surface area (Å²) in [6.45, 7) is 3.91. The van der Waals surface area contributed by atoms with Crippen molar-refractivity contribution in [1.29, 1.82) is 0 Å². The molecule has 0 radical (unpaired) electrons. The van der Waals surface area contributed by atoms with Gasteiger partial charge in [0.05, 0.1) is 10.6 Å². The summed E-state index contributed by atoms with van der Waals surface area (Å²) >= 11 is 5.66. The molecule has 1 rings (SSSR count). The molecular formula is C13H20ClNO2S. The van der Waals surface area contributed by atoms with Gasteiger partial charge in [0.15, 0.2) is 9.84 Å². The maximum atomic E-state index is 11.8. The second-order valence-corrected chi connectivity index (χ2v) is 6.85. The predicted molar refractivity (Wildman–Crippen MR) is 77.2 cm³/mol. The van der Waals surface area contributed by atoms with E-state index in [2.05, 4.69) is 5.32 Å². The monoisotopic (exact) mass is 289 g/mol. The maximum Gasteiger partial charge on any atom is 0.178 e. The number of sulfone groups is 1. The summed E-state index contributed by atoms with van der Waals surface area (Å²) in [6, 6.07) is 7.18. The van der Waals surface area contributed by atoms with Gasteiger partial charge in [-0.15, -0.1) is 11.6 Å². The first-order chi connectivity index (χ1) is 8.49. The minimum atomic E-state index is -3.11. The molecule has 0 aliphatic rings. The molecule has 18 heavy (non-hydrogen) atoms. The third kappa shape index (κ3) is 4.50. The van der Waals surface area contributed by atoms with E-state index in [9.17, 15) is 8.42 Å². The second kappa shape index (κ2) is 7.00. The van der Waals surface area contributed by atoms with E-state index in [-0.39, 0.29) is 11.8 Å². The van der Waals surface area contributed by atoms with E-state index in [1.807, 2.05) is 13.8 Å². The van der Waals surface area contributed by atoms with Crippen LogP contribution in [0.5, 0.6) is 0 Å². The van der Waals surface area contributed by atoms with Gasteiger partial charge < -0.3 is 5.32 Å². The molecule has 0 fully saturated rings. The molecule has 0 saturated carbocycles. The molecule has 1 aromatic carbocycles. The first-order valence-corrected chi connectivity index (χ1v) is 8.33. The Morgan fingerprint density at radius 2 is 1.89 bits per heavy atom. The van der Waals surface area contributed by atoms with Gasteiger partial charge in [0.25, 0.3) is 0 Å². The Morgan fingerprint density at radius 3 is 2.39 bits per heavy atom. The molecule has 102 valence electrons. The molecule has 1 unspecified atom stereocenters. The summed E-state index contributed by atoms with van der Waals surface area (Å²) in [4.78, 5) is 0.389. The van der Waals surface area contributed by atoms with E-state index < -0.39 is 9.84 Å². The molecule has 3 nitrogen and oxygen atoms in total. The highest BCUT2D eigenvalue weighted by Crippen LogP contribution is 2.17. The fourth-order valence-corrected chi connectivity index (χ4v) is 3.32. The second-order valence-electron chi connectivity index (χ2n) is 4.37. The fourth-order valence-electron chi connectivity index (χ4n) is 1.67. The summed E-state index contributed by atoms with van der Waals surface area (Å²) < 4.78 is 23.7. The van der Waals surface area contributed by atoms with Gasteiger partial charge in [0, 0.05) is 17.6 Å². The molecule has 0 heterocycles. The zero-order valence-electron chi connectivity index (χ0n) is 10.8. The van der Waals surface area contributed by atoms with Crippen molar-refractivity contribution in [3.8, 4) is 0 Å². The Bertz CT molecular complexity index is 456. The molecule has 0 aliphatic carbocycles. The summed E-state index contributed by atoms with van der Waals surface area (Å²) in [6.07, 6.45) is 1.51. The molecule has 1 N–H and O–H groups in total. The van der Waals surface area contributed by atoms with Crippen LogP contribution in [-0.2, 0) is 9.84 Å². The number of hydrogen-bond acceptors (Lipinski definition) is 3. The predicted octanol–water partition coefficient (Wildman–Crippen LogP) is 3.30. The van der Waals surface area contributed by atoms with Gasteiger partial charge in [-0.1, -0.05) is 6.92 Å². The lowest BCUT2D eigenvalue weighted by molar-refractivity contribution is 0.595. The summed E-state index contributed by atoms with van der Waals surface area (Å²) in [5, 5.41) is 3.27. The molecule has 1 aromatic rings. The van der Waals surface area contributed by atoms with Crippen molar-refractivity contribution in [2.45, 2.75) is 37.6 Å². The van der Waals surface area contributed by atoms with Crippen LogP contribution in [0.25, 0.3) is 0 Å². The van der Waals surface area contributed by atoms with Crippen molar-refractivity contribution in [1.82, 2.24) is 0 Å². The Hall–Kier alpha value is -0.740. The van der Waals surface area contributed by atoms with Gasteiger partial charge >= 0.3 is 0 Å². The van der Waals surface area contributed by atoms with Crippen molar-refractivity contribution in [3.05, 3.63) is 24.3 Å². The topological polar surface area (TPSA) is 46.2 Å². The van der Waals surface area contributed by atoms with E-state index in [1.165, 1.54) is 0 Å². The quantitative estimate of drug-likeness (QED) is 0.784. The highest BCUT2D eigenvalue weighted by Gasteiger charge is 2.12. The first kappa shape index (κ1) is 15.3. The lowest BCUT2D eigenvalue weighted by atomic mass is 10.2. The fraction of sp³-hybridized carbons (Fsp3) is 0.538. The van der Waals surface area contributed by atoms with Gasteiger partial charge in [0.2, 0.25) is 0 Å². The third-order valence-electron chi connectivity index (χ3n) is 2.64. The molecule has 0 amide bonds. The summed E-state index contributed by atoms with van der Waals surface area (Å²) in [5.41, 5.74) is 0.920. The highest BCUT2D eigenvalue weighted by atomic mass is 35.5. The van der Waals surface area contributed by atoms with Gasteiger partial charge in [-0.2, -0.15) is 0 Å². The van der Waals surface area contributed by atoms with E-state index in [4.69, 9.17) is 11.6 Å². The molecule has 0 aliphatic heterocycles. The molecule has 0 spiro atoms. The first-order valence-electron chi connectivity index (χ1n) is 6.15. The minimum Gasteiger partial charge on any atom is -0.383 e. The smallest absolute Gasteiger partial charge is 0.178 e. The standard InChI is InChI=1S/C13H20ClNO2S/c1-3-10-18(16,17)13-6-4-12(5-7-13)15-11(2)8-9-14/h4-7,11,15H,3,8-10H2,1-2H3. The third-order valence-corrected chi connectivity index (χ3v) is 4.80. The van der Waals surface area contributed by atoms with Crippen LogP contribution in [0.4, 0.5) is 5.69 Å². The van der Waals surface area contributed by atoms with E-state index in [0.717, 1.165) is 12.1 Å². The van der Waals surface area contributed by atoms with Crippen LogP contribution >= 0.6 is 11.6 Å². The van der Waals surface area contributed by atoms with Crippen LogP contribution in [-0.4, -0.2) is 26.1 Å². The molecule has 5 heteroatoms. The lowest BCUT2D eigenvalue weighted by Gasteiger charge is -2.14. The number of rotatable bonds is 7. The zero-order chi connectivity index (χ0) is 13.6. The Labute approximate surface area is 114 Å². The Balaban J connectivity index is 2.74. The van der Waals surface area contributed by atoms with E-state index in [0.29, 0.717) is 17.2 Å². The van der Waals surface area contributed by atoms with Crippen molar-refractivity contribution < 1.29 is 8.42 Å². The van der Waals surface area contributed by atoms with Crippen LogP contribution in [0, 0.1) is 0 Å². The van der Waals surface area contributed by atoms with Crippen LogP contribution in [0.3, 0.4) is 0 Å². The molecule has 1 atom stereocenters. The number of halogens is 1.